The molecule has 0 saturated carbocycles. The first-order chi connectivity index (χ1) is 8.70. The lowest BCUT2D eigenvalue weighted by Crippen LogP contribution is -2.11. The highest BCUT2D eigenvalue weighted by atomic mass is 16.5. The summed E-state index contributed by atoms with van der Waals surface area (Å²) in [5, 5.41) is 8.73. The number of primary amides is 1. The lowest BCUT2D eigenvalue weighted by Gasteiger charge is -2.08. The highest BCUT2D eigenvalue weighted by Crippen LogP contribution is 2.24. The summed E-state index contributed by atoms with van der Waals surface area (Å²) < 4.78 is 5.52. The van der Waals surface area contributed by atoms with Crippen molar-refractivity contribution in [2.75, 3.05) is 0 Å². The van der Waals surface area contributed by atoms with Gasteiger partial charge in [-0.15, -0.1) is 0 Å². The first kappa shape index (κ1) is 11.6. The van der Waals surface area contributed by atoms with Crippen LogP contribution in [0.3, 0.4) is 0 Å². The van der Waals surface area contributed by atoms with E-state index in [-0.39, 0.29) is 11.3 Å². The second-order valence-corrected chi connectivity index (χ2v) is 3.45. The molecule has 1 aromatic carbocycles. The van der Waals surface area contributed by atoms with Gasteiger partial charge >= 0.3 is 0 Å². The monoisotopic (exact) mass is 239 g/mol. The van der Waals surface area contributed by atoms with E-state index in [4.69, 9.17) is 15.7 Å². The lowest BCUT2D eigenvalue weighted by molar-refractivity contribution is 0.0998. The fourth-order valence-electron chi connectivity index (χ4n) is 1.42. The summed E-state index contributed by atoms with van der Waals surface area (Å²) in [4.78, 5) is 15.0. The first-order valence-electron chi connectivity index (χ1n) is 5.13. The number of para-hydroxylation sites is 1. The Balaban J connectivity index is 2.34. The summed E-state index contributed by atoms with van der Waals surface area (Å²) in [6, 6.07) is 11.6. The van der Waals surface area contributed by atoms with Crippen LogP contribution in [0.5, 0.6) is 11.5 Å². The zero-order valence-electron chi connectivity index (χ0n) is 9.33. The van der Waals surface area contributed by atoms with E-state index in [9.17, 15) is 4.79 Å². The van der Waals surface area contributed by atoms with Gasteiger partial charge in [0.15, 0.2) is 0 Å². The topological polar surface area (TPSA) is 89.0 Å². The maximum Gasteiger partial charge on any atom is 0.252 e. The SMILES string of the molecule is N#Cc1cc(Oc2ccccc2C(N)=O)ccn1. The number of carbonyl (C=O) groups excluding carboxylic acids is 1. The second kappa shape index (κ2) is 4.97. The molecule has 1 amide bonds. The van der Waals surface area contributed by atoms with Crippen molar-refractivity contribution in [2.45, 2.75) is 0 Å². The van der Waals surface area contributed by atoms with Crippen LogP contribution in [0.15, 0.2) is 42.6 Å². The van der Waals surface area contributed by atoms with E-state index in [1.165, 1.54) is 12.3 Å². The van der Waals surface area contributed by atoms with E-state index in [1.807, 2.05) is 6.07 Å². The van der Waals surface area contributed by atoms with Crippen LogP contribution in [-0.2, 0) is 0 Å². The predicted octanol–water partition coefficient (Wildman–Crippen LogP) is 1.84. The quantitative estimate of drug-likeness (QED) is 0.884. The Kier molecular flexibility index (Phi) is 3.21. The van der Waals surface area contributed by atoms with Crippen LogP contribution >= 0.6 is 0 Å². The van der Waals surface area contributed by atoms with Crippen LogP contribution in [0.25, 0.3) is 0 Å². The second-order valence-electron chi connectivity index (χ2n) is 3.45. The van der Waals surface area contributed by atoms with Gasteiger partial charge < -0.3 is 10.5 Å². The molecule has 0 aliphatic carbocycles. The zero-order valence-corrected chi connectivity index (χ0v) is 9.33. The Morgan fingerprint density at radius 1 is 1.33 bits per heavy atom. The smallest absolute Gasteiger partial charge is 0.252 e. The molecule has 5 heteroatoms. The Labute approximate surface area is 103 Å². The van der Waals surface area contributed by atoms with Gasteiger partial charge in [0.25, 0.3) is 5.91 Å². The van der Waals surface area contributed by atoms with Crippen LogP contribution in [0.4, 0.5) is 0 Å². The number of hydrogen-bond acceptors (Lipinski definition) is 4. The number of nitriles is 1. The van der Waals surface area contributed by atoms with Gasteiger partial charge in [-0.25, -0.2) is 4.98 Å². The van der Waals surface area contributed by atoms with E-state index >= 15 is 0 Å². The van der Waals surface area contributed by atoms with E-state index in [0.29, 0.717) is 11.5 Å². The molecule has 2 N–H and O–H groups in total. The molecule has 0 aliphatic heterocycles. The summed E-state index contributed by atoms with van der Waals surface area (Å²) in [5.41, 5.74) is 5.77. The molecule has 0 unspecified atom stereocenters. The van der Waals surface area contributed by atoms with E-state index in [1.54, 1.807) is 30.3 Å². The standard InChI is InChI=1S/C13H9N3O2/c14-8-9-7-10(5-6-16-9)18-12-4-2-1-3-11(12)13(15)17/h1-7H,(H2,15,17). The molecule has 2 aromatic rings. The average Bonchev–Trinajstić information content (AvgIpc) is 2.39. The zero-order chi connectivity index (χ0) is 13.0. The van der Waals surface area contributed by atoms with Crippen molar-refractivity contribution in [1.82, 2.24) is 4.98 Å². The molecule has 0 saturated heterocycles. The van der Waals surface area contributed by atoms with Crippen molar-refractivity contribution in [3.05, 3.63) is 53.9 Å². The fraction of sp³-hybridized carbons (Fsp3) is 0. The lowest BCUT2D eigenvalue weighted by atomic mass is 10.2. The molecule has 1 aromatic heterocycles. The number of ether oxygens (including phenoxy) is 1. The minimum Gasteiger partial charge on any atom is -0.456 e. The number of nitrogens with two attached hydrogens (primary N) is 1. The summed E-state index contributed by atoms with van der Waals surface area (Å²) in [7, 11) is 0. The molecule has 18 heavy (non-hydrogen) atoms. The summed E-state index contributed by atoms with van der Waals surface area (Å²) in [5.74, 6) is 0.204. The average molecular weight is 239 g/mol. The van der Waals surface area contributed by atoms with Gasteiger partial charge in [0.1, 0.15) is 23.3 Å². The Morgan fingerprint density at radius 3 is 2.83 bits per heavy atom. The highest BCUT2D eigenvalue weighted by Gasteiger charge is 2.09. The fourth-order valence-corrected chi connectivity index (χ4v) is 1.42. The molecule has 5 nitrogen and oxygen atoms in total. The van der Waals surface area contributed by atoms with E-state index < -0.39 is 5.91 Å². The Hall–Kier alpha value is -2.87. The molecular formula is C13H9N3O2. The number of amides is 1. The third-order valence-corrected chi connectivity index (χ3v) is 2.23. The molecule has 0 fully saturated rings. The Morgan fingerprint density at radius 2 is 2.11 bits per heavy atom. The maximum atomic E-state index is 11.2. The molecule has 0 bridgehead atoms. The third-order valence-electron chi connectivity index (χ3n) is 2.23. The predicted molar refractivity (Wildman–Crippen MR) is 64.0 cm³/mol. The number of rotatable bonds is 3. The van der Waals surface area contributed by atoms with Gasteiger partial charge in [0, 0.05) is 12.3 Å². The van der Waals surface area contributed by atoms with Gasteiger partial charge in [-0.3, -0.25) is 4.79 Å². The minimum absolute atomic E-state index is 0.240. The van der Waals surface area contributed by atoms with Crippen molar-refractivity contribution >= 4 is 5.91 Å². The molecular weight excluding hydrogens is 230 g/mol. The molecule has 2 rings (SSSR count). The highest BCUT2D eigenvalue weighted by molar-refractivity contribution is 5.95. The van der Waals surface area contributed by atoms with Gasteiger partial charge in [-0.1, -0.05) is 12.1 Å². The van der Waals surface area contributed by atoms with Crippen LogP contribution in [-0.4, -0.2) is 10.9 Å². The molecule has 0 atom stereocenters. The number of hydrogen-bond donors (Lipinski definition) is 1. The number of pyridine rings is 1. The normalized spacial score (nSPS) is 9.50. The van der Waals surface area contributed by atoms with Crippen molar-refractivity contribution in [3.8, 4) is 17.6 Å². The van der Waals surface area contributed by atoms with Gasteiger partial charge in [0.2, 0.25) is 0 Å². The van der Waals surface area contributed by atoms with Gasteiger partial charge in [-0.05, 0) is 18.2 Å². The van der Waals surface area contributed by atoms with E-state index in [0.717, 1.165) is 0 Å². The number of benzene rings is 1. The van der Waals surface area contributed by atoms with E-state index in [2.05, 4.69) is 4.98 Å². The Bertz CT molecular complexity index is 632. The van der Waals surface area contributed by atoms with Crippen LogP contribution < -0.4 is 10.5 Å². The van der Waals surface area contributed by atoms with Crippen molar-refractivity contribution in [3.63, 3.8) is 0 Å². The van der Waals surface area contributed by atoms with Gasteiger partial charge in [-0.2, -0.15) is 5.26 Å². The molecule has 0 radical (unpaired) electrons. The van der Waals surface area contributed by atoms with Crippen LogP contribution in [0, 0.1) is 11.3 Å². The number of aromatic nitrogens is 1. The molecule has 88 valence electrons. The first-order valence-corrected chi connectivity index (χ1v) is 5.13. The van der Waals surface area contributed by atoms with Crippen LogP contribution in [0.1, 0.15) is 16.1 Å². The molecule has 0 aliphatic rings. The molecule has 0 spiro atoms. The van der Waals surface area contributed by atoms with Crippen molar-refractivity contribution in [2.24, 2.45) is 5.73 Å². The maximum absolute atomic E-state index is 11.2. The third kappa shape index (κ3) is 2.44. The van der Waals surface area contributed by atoms with Crippen molar-refractivity contribution < 1.29 is 9.53 Å². The summed E-state index contributed by atoms with van der Waals surface area (Å²) in [6.07, 6.45) is 1.46. The summed E-state index contributed by atoms with van der Waals surface area (Å²) >= 11 is 0. The van der Waals surface area contributed by atoms with Crippen LogP contribution in [0.2, 0.25) is 0 Å². The van der Waals surface area contributed by atoms with Gasteiger partial charge in [0.05, 0.1) is 5.56 Å². The summed E-state index contributed by atoms with van der Waals surface area (Å²) in [6.45, 7) is 0. The minimum atomic E-state index is -0.569. The number of carbonyl (C=O) groups is 1. The van der Waals surface area contributed by atoms with Crippen molar-refractivity contribution in [1.29, 1.82) is 5.26 Å². The molecule has 1 heterocycles. The number of nitrogens with zero attached hydrogens (tertiary/aromatic N) is 2. The largest absolute Gasteiger partial charge is 0.456 e.